The third kappa shape index (κ3) is 2.38. The number of hydrogen-bond donors (Lipinski definition) is 2. The zero-order valence-electron chi connectivity index (χ0n) is 11.2. The maximum Gasteiger partial charge on any atom is 0.0661 e. The summed E-state index contributed by atoms with van der Waals surface area (Å²) in [6, 6.07) is 0.832. The molecule has 2 aliphatic rings. The van der Waals surface area contributed by atoms with Gasteiger partial charge in [-0.15, -0.1) is 0 Å². The first-order valence-corrected chi connectivity index (χ1v) is 7.25. The number of nitrogens with one attached hydrogen (secondary N) is 1. The van der Waals surface area contributed by atoms with Gasteiger partial charge in [0.05, 0.1) is 12.7 Å². The highest BCUT2D eigenvalue weighted by Crippen LogP contribution is 2.54. The van der Waals surface area contributed by atoms with Crippen molar-refractivity contribution in [2.75, 3.05) is 13.2 Å². The Balaban J connectivity index is 1.95. The van der Waals surface area contributed by atoms with Gasteiger partial charge in [-0.05, 0) is 32.6 Å². The number of ether oxygens (including phenoxy) is 1. The van der Waals surface area contributed by atoms with Gasteiger partial charge in [0, 0.05) is 24.1 Å². The van der Waals surface area contributed by atoms with Crippen molar-refractivity contribution in [2.24, 2.45) is 5.41 Å². The Morgan fingerprint density at radius 3 is 2.59 bits per heavy atom. The second-order valence-corrected chi connectivity index (χ2v) is 5.63. The van der Waals surface area contributed by atoms with Crippen LogP contribution in [0.5, 0.6) is 0 Å². The quantitative estimate of drug-likeness (QED) is 0.748. The molecule has 2 fully saturated rings. The highest BCUT2D eigenvalue weighted by atomic mass is 16.5. The Kier molecular flexibility index (Phi) is 4.45. The minimum absolute atomic E-state index is 0.252. The molecule has 2 aliphatic carbocycles. The lowest BCUT2D eigenvalue weighted by atomic mass is 9.60. The van der Waals surface area contributed by atoms with Gasteiger partial charge in [-0.3, -0.25) is 0 Å². The Labute approximate surface area is 105 Å². The molecule has 0 bridgehead atoms. The summed E-state index contributed by atoms with van der Waals surface area (Å²) in [7, 11) is 0. The van der Waals surface area contributed by atoms with Crippen LogP contribution in [0.25, 0.3) is 0 Å². The normalized spacial score (nSPS) is 32.6. The second kappa shape index (κ2) is 5.68. The van der Waals surface area contributed by atoms with Crippen LogP contribution in [0, 0.1) is 5.41 Å². The van der Waals surface area contributed by atoms with Crippen molar-refractivity contribution in [2.45, 2.75) is 70.6 Å². The average molecular weight is 241 g/mol. The molecule has 0 aromatic rings. The predicted octanol–water partition coefficient (Wildman–Crippen LogP) is 2.08. The Morgan fingerprint density at radius 1 is 1.35 bits per heavy atom. The molecule has 1 spiro atoms. The minimum Gasteiger partial charge on any atom is -0.395 e. The van der Waals surface area contributed by atoms with Gasteiger partial charge in [0.1, 0.15) is 0 Å². The molecule has 0 radical (unpaired) electrons. The van der Waals surface area contributed by atoms with Gasteiger partial charge < -0.3 is 15.2 Å². The van der Waals surface area contributed by atoms with Crippen molar-refractivity contribution in [1.29, 1.82) is 0 Å². The van der Waals surface area contributed by atoms with Gasteiger partial charge >= 0.3 is 0 Å². The molecule has 0 aliphatic heterocycles. The Morgan fingerprint density at radius 2 is 2.06 bits per heavy atom. The molecule has 2 unspecified atom stereocenters. The lowest BCUT2D eigenvalue weighted by molar-refractivity contribution is -0.133. The Bertz CT molecular complexity index is 234. The summed E-state index contributed by atoms with van der Waals surface area (Å²) >= 11 is 0. The maximum atomic E-state index is 9.30. The fourth-order valence-electron chi connectivity index (χ4n) is 3.70. The summed E-state index contributed by atoms with van der Waals surface area (Å²) in [5, 5.41) is 12.9. The largest absolute Gasteiger partial charge is 0.395 e. The highest BCUT2D eigenvalue weighted by Gasteiger charge is 2.56. The van der Waals surface area contributed by atoms with Crippen LogP contribution in [-0.2, 0) is 4.74 Å². The van der Waals surface area contributed by atoms with Crippen LogP contribution in [0.15, 0.2) is 0 Å². The zero-order chi connectivity index (χ0) is 12.3. The van der Waals surface area contributed by atoms with Crippen LogP contribution >= 0.6 is 0 Å². The van der Waals surface area contributed by atoms with Gasteiger partial charge in [0.2, 0.25) is 0 Å². The van der Waals surface area contributed by atoms with E-state index in [9.17, 15) is 5.11 Å². The summed E-state index contributed by atoms with van der Waals surface area (Å²) in [4.78, 5) is 0. The van der Waals surface area contributed by atoms with Crippen molar-refractivity contribution in [3.8, 4) is 0 Å². The van der Waals surface area contributed by atoms with E-state index in [1.54, 1.807) is 0 Å². The molecular weight excluding hydrogens is 214 g/mol. The summed E-state index contributed by atoms with van der Waals surface area (Å²) in [6.07, 6.45) is 7.89. The molecular formula is C14H27NO2. The lowest BCUT2D eigenvalue weighted by Gasteiger charge is -2.55. The molecule has 2 N–H and O–H groups in total. The van der Waals surface area contributed by atoms with Gasteiger partial charge in [-0.25, -0.2) is 0 Å². The molecule has 3 atom stereocenters. The van der Waals surface area contributed by atoms with Crippen molar-refractivity contribution in [3.63, 3.8) is 0 Å². The Hall–Kier alpha value is -0.120. The van der Waals surface area contributed by atoms with Crippen molar-refractivity contribution >= 4 is 0 Å². The smallest absolute Gasteiger partial charge is 0.0661 e. The van der Waals surface area contributed by atoms with E-state index in [1.165, 1.54) is 25.7 Å². The van der Waals surface area contributed by atoms with Gasteiger partial charge in [0.25, 0.3) is 0 Å². The fraction of sp³-hybridized carbons (Fsp3) is 1.00. The van der Waals surface area contributed by atoms with Crippen LogP contribution in [0.2, 0.25) is 0 Å². The van der Waals surface area contributed by atoms with E-state index in [-0.39, 0.29) is 12.6 Å². The van der Waals surface area contributed by atoms with Crippen LogP contribution in [0.1, 0.15) is 52.4 Å². The first-order chi connectivity index (χ1) is 8.26. The van der Waals surface area contributed by atoms with Crippen molar-refractivity contribution in [1.82, 2.24) is 5.32 Å². The van der Waals surface area contributed by atoms with Crippen molar-refractivity contribution < 1.29 is 9.84 Å². The monoisotopic (exact) mass is 241 g/mol. The second-order valence-electron chi connectivity index (χ2n) is 5.63. The van der Waals surface area contributed by atoms with Gasteiger partial charge in [-0.2, -0.15) is 0 Å². The summed E-state index contributed by atoms with van der Waals surface area (Å²) < 4.78 is 5.89. The number of aliphatic hydroxyl groups excluding tert-OH is 1. The third-order valence-electron chi connectivity index (χ3n) is 4.84. The van der Waals surface area contributed by atoms with E-state index in [2.05, 4.69) is 19.2 Å². The molecule has 3 heteroatoms. The molecule has 100 valence electrons. The third-order valence-corrected chi connectivity index (χ3v) is 4.84. The first kappa shape index (κ1) is 13.3. The zero-order valence-corrected chi connectivity index (χ0v) is 11.2. The minimum atomic E-state index is 0.252. The molecule has 0 heterocycles. The van der Waals surface area contributed by atoms with E-state index < -0.39 is 0 Å². The number of aliphatic hydroxyl groups is 1. The molecule has 0 aromatic heterocycles. The van der Waals surface area contributed by atoms with E-state index in [1.807, 2.05) is 0 Å². The fourth-order valence-corrected chi connectivity index (χ4v) is 3.70. The van der Waals surface area contributed by atoms with E-state index in [0.29, 0.717) is 17.6 Å². The molecule has 0 aromatic carbocycles. The predicted molar refractivity (Wildman–Crippen MR) is 69.0 cm³/mol. The average Bonchev–Trinajstić information content (AvgIpc) is 2.85. The topological polar surface area (TPSA) is 41.5 Å². The van der Waals surface area contributed by atoms with E-state index >= 15 is 0 Å². The van der Waals surface area contributed by atoms with Gasteiger partial charge in [0.15, 0.2) is 0 Å². The first-order valence-electron chi connectivity index (χ1n) is 7.25. The van der Waals surface area contributed by atoms with Crippen LogP contribution < -0.4 is 5.32 Å². The SMILES string of the molecule is CCOC1CC(N[C@H](CC)CO)C12CCCC2. The van der Waals surface area contributed by atoms with Crippen LogP contribution in [0.3, 0.4) is 0 Å². The number of hydrogen-bond acceptors (Lipinski definition) is 3. The lowest BCUT2D eigenvalue weighted by Crippen LogP contribution is -2.64. The summed E-state index contributed by atoms with van der Waals surface area (Å²) in [5.41, 5.74) is 0.387. The molecule has 17 heavy (non-hydrogen) atoms. The molecule has 0 saturated heterocycles. The van der Waals surface area contributed by atoms with Gasteiger partial charge in [-0.1, -0.05) is 19.8 Å². The van der Waals surface area contributed by atoms with Crippen molar-refractivity contribution in [3.05, 3.63) is 0 Å². The van der Waals surface area contributed by atoms with E-state index in [4.69, 9.17) is 4.74 Å². The maximum absolute atomic E-state index is 9.30. The van der Waals surface area contributed by atoms with Crippen LogP contribution in [-0.4, -0.2) is 36.5 Å². The molecule has 3 nitrogen and oxygen atoms in total. The summed E-state index contributed by atoms with van der Waals surface area (Å²) in [5.74, 6) is 0. The highest BCUT2D eigenvalue weighted by molar-refractivity contribution is 5.10. The molecule has 0 amide bonds. The van der Waals surface area contributed by atoms with E-state index in [0.717, 1.165) is 19.4 Å². The summed E-state index contributed by atoms with van der Waals surface area (Å²) in [6.45, 7) is 5.30. The number of rotatable bonds is 6. The molecule has 2 rings (SSSR count). The van der Waals surface area contributed by atoms with Crippen LogP contribution in [0.4, 0.5) is 0 Å². The standard InChI is InChI=1S/C14H27NO2/c1-3-11(10-16)15-12-9-13(17-4-2)14(12)7-5-6-8-14/h11-13,15-16H,3-10H2,1-2H3/t11-,12?,13?/m1/s1. The molecule has 2 saturated carbocycles.